The van der Waals surface area contributed by atoms with Crippen LogP contribution in [-0.4, -0.2) is 53.0 Å². The molecule has 1 atom stereocenters. The van der Waals surface area contributed by atoms with Gasteiger partial charge in [-0.05, 0) is 49.3 Å². The number of fused-ring (bicyclic) bond motifs is 4. The molecule has 1 aromatic carbocycles. The minimum atomic E-state index is -0.587. The second kappa shape index (κ2) is 7.14. The van der Waals surface area contributed by atoms with Gasteiger partial charge in [0.25, 0.3) is 5.91 Å². The van der Waals surface area contributed by atoms with Gasteiger partial charge in [0.15, 0.2) is 0 Å². The summed E-state index contributed by atoms with van der Waals surface area (Å²) in [6.07, 6.45) is 4.68. The Morgan fingerprint density at radius 2 is 2.00 bits per heavy atom. The van der Waals surface area contributed by atoms with Crippen LogP contribution in [0, 0.1) is 0 Å². The molecule has 4 heterocycles. The third-order valence-electron chi connectivity index (χ3n) is 7.48. The smallest absolute Gasteiger partial charge is 0.255 e. The number of imide groups is 1. The van der Waals surface area contributed by atoms with Crippen molar-refractivity contribution in [2.24, 2.45) is 5.73 Å². The van der Waals surface area contributed by atoms with Gasteiger partial charge in [0.05, 0.1) is 12.2 Å². The Kier molecular flexibility index (Phi) is 4.68. The highest BCUT2D eigenvalue weighted by Crippen LogP contribution is 2.43. The molecule has 4 N–H and O–H groups in total. The van der Waals surface area contributed by atoms with Gasteiger partial charge < -0.3 is 20.7 Å². The fourth-order valence-electron chi connectivity index (χ4n) is 5.35. The van der Waals surface area contributed by atoms with Crippen molar-refractivity contribution in [3.8, 4) is 0 Å². The van der Waals surface area contributed by atoms with Crippen molar-refractivity contribution in [3.05, 3.63) is 34.9 Å². The highest BCUT2D eigenvalue weighted by molar-refractivity contribution is 6.05. The molecule has 8 heteroatoms. The van der Waals surface area contributed by atoms with Gasteiger partial charge in [-0.2, -0.15) is 0 Å². The van der Waals surface area contributed by atoms with Crippen molar-refractivity contribution in [2.75, 3.05) is 13.2 Å². The fraction of sp³-hybridized carbons (Fsp3) is 0.591. The molecule has 8 nitrogen and oxygen atoms in total. The van der Waals surface area contributed by atoms with Gasteiger partial charge >= 0.3 is 0 Å². The molecule has 160 valence electrons. The minimum absolute atomic E-state index is 0.0361. The van der Waals surface area contributed by atoms with E-state index in [0.717, 1.165) is 36.8 Å². The Hall–Kier alpha value is -2.29. The molecule has 1 saturated carbocycles. The maximum atomic E-state index is 13.0. The number of hydrogen-bond donors (Lipinski definition) is 3. The number of piperidine rings is 1. The molecule has 1 aromatic rings. The molecule has 0 radical (unpaired) electrons. The van der Waals surface area contributed by atoms with Crippen molar-refractivity contribution in [1.29, 1.82) is 0 Å². The summed E-state index contributed by atoms with van der Waals surface area (Å²) >= 11 is 0. The third-order valence-corrected chi connectivity index (χ3v) is 7.48. The molecule has 1 aliphatic carbocycles. The van der Waals surface area contributed by atoms with Gasteiger partial charge in [0, 0.05) is 37.2 Å². The molecule has 3 amide bonds. The first-order valence-electron chi connectivity index (χ1n) is 10.8. The molecular weight excluding hydrogens is 384 g/mol. The number of amides is 3. The average Bonchev–Trinajstić information content (AvgIpc) is 3.11. The summed E-state index contributed by atoms with van der Waals surface area (Å²) in [5.41, 5.74) is 8.45. The number of benzene rings is 1. The molecular formula is C22H28N4O4. The zero-order valence-electron chi connectivity index (χ0n) is 17.0. The quantitative estimate of drug-likeness (QED) is 0.610. The standard InChI is InChI=1S/C22H28N4O4/c23-12-22-8-6-21(7-9-22,13-30-22)24-10-14-2-1-3-15-16(14)11-26(20(15)29)17-4-5-18(27)25-19(17)28/h1-3,17,24H,4-13,23H2,(H,25,27,28). The topological polar surface area (TPSA) is 114 Å². The van der Waals surface area contributed by atoms with Crippen LogP contribution in [0.25, 0.3) is 0 Å². The van der Waals surface area contributed by atoms with Crippen molar-refractivity contribution >= 4 is 17.7 Å². The summed E-state index contributed by atoms with van der Waals surface area (Å²) < 4.78 is 6.11. The average molecular weight is 412 g/mol. The normalized spacial score (nSPS) is 33.0. The van der Waals surface area contributed by atoms with Crippen molar-refractivity contribution in [2.45, 2.75) is 68.8 Å². The molecule has 0 spiro atoms. The fourth-order valence-corrected chi connectivity index (χ4v) is 5.35. The van der Waals surface area contributed by atoms with Crippen molar-refractivity contribution < 1.29 is 19.1 Å². The second-order valence-corrected chi connectivity index (χ2v) is 9.15. The number of ether oxygens (including phenoxy) is 1. The Morgan fingerprint density at radius 1 is 1.20 bits per heavy atom. The van der Waals surface area contributed by atoms with Gasteiger partial charge in [-0.25, -0.2) is 0 Å². The van der Waals surface area contributed by atoms with E-state index < -0.39 is 6.04 Å². The zero-order valence-corrected chi connectivity index (χ0v) is 17.0. The van der Waals surface area contributed by atoms with E-state index in [2.05, 4.69) is 10.6 Å². The first kappa shape index (κ1) is 19.7. The van der Waals surface area contributed by atoms with Crippen LogP contribution in [0.5, 0.6) is 0 Å². The SMILES string of the molecule is NCC12CCC(NCc3cccc4c3CN(C3CCC(=O)NC3=O)C4=O)(CC1)CO2. The van der Waals surface area contributed by atoms with E-state index in [1.54, 1.807) is 4.90 Å². The van der Waals surface area contributed by atoms with E-state index in [4.69, 9.17) is 10.5 Å². The van der Waals surface area contributed by atoms with Crippen LogP contribution in [0.2, 0.25) is 0 Å². The Balaban J connectivity index is 1.30. The monoisotopic (exact) mass is 412 g/mol. The number of hydrogen-bond acceptors (Lipinski definition) is 6. The number of nitrogens with zero attached hydrogens (tertiary/aromatic N) is 1. The molecule has 0 aromatic heterocycles. The van der Waals surface area contributed by atoms with Crippen LogP contribution in [0.3, 0.4) is 0 Å². The lowest BCUT2D eigenvalue weighted by molar-refractivity contribution is -0.156. The molecule has 1 unspecified atom stereocenters. The van der Waals surface area contributed by atoms with E-state index in [1.165, 1.54) is 0 Å². The lowest BCUT2D eigenvalue weighted by Crippen LogP contribution is -2.63. The van der Waals surface area contributed by atoms with Crippen LogP contribution < -0.4 is 16.4 Å². The molecule has 30 heavy (non-hydrogen) atoms. The summed E-state index contributed by atoms with van der Waals surface area (Å²) in [4.78, 5) is 38.3. The highest BCUT2D eigenvalue weighted by Gasteiger charge is 2.49. The number of nitrogens with one attached hydrogen (secondary N) is 2. The lowest BCUT2D eigenvalue weighted by Gasteiger charge is -2.53. The van der Waals surface area contributed by atoms with Crippen LogP contribution in [0.4, 0.5) is 0 Å². The Morgan fingerprint density at radius 3 is 2.67 bits per heavy atom. The number of carbonyl (C=O) groups excluding carboxylic acids is 3. The molecule has 6 rings (SSSR count). The van der Waals surface area contributed by atoms with E-state index in [-0.39, 0.29) is 35.3 Å². The number of carbonyl (C=O) groups is 3. The van der Waals surface area contributed by atoms with E-state index in [0.29, 0.717) is 38.2 Å². The number of nitrogens with two attached hydrogens (primary N) is 1. The van der Waals surface area contributed by atoms with Gasteiger partial charge in [0.1, 0.15) is 6.04 Å². The summed E-state index contributed by atoms with van der Waals surface area (Å²) in [6, 6.07) is 5.18. The first-order chi connectivity index (χ1) is 14.4. The molecule has 5 aliphatic rings. The largest absolute Gasteiger partial charge is 0.372 e. The zero-order chi connectivity index (χ0) is 20.9. The van der Waals surface area contributed by atoms with Gasteiger partial charge in [-0.15, -0.1) is 0 Å². The van der Waals surface area contributed by atoms with Gasteiger partial charge in [0.2, 0.25) is 11.8 Å². The van der Waals surface area contributed by atoms with Crippen LogP contribution >= 0.6 is 0 Å². The van der Waals surface area contributed by atoms with E-state index >= 15 is 0 Å². The van der Waals surface area contributed by atoms with Crippen LogP contribution in [0.15, 0.2) is 18.2 Å². The first-order valence-corrected chi connectivity index (χ1v) is 10.8. The molecule has 4 aliphatic heterocycles. The highest BCUT2D eigenvalue weighted by atomic mass is 16.5. The second-order valence-electron chi connectivity index (χ2n) is 9.15. The van der Waals surface area contributed by atoms with Crippen molar-refractivity contribution in [3.63, 3.8) is 0 Å². The Labute approximate surface area is 175 Å². The maximum Gasteiger partial charge on any atom is 0.255 e. The summed E-state index contributed by atoms with van der Waals surface area (Å²) in [6.45, 7) is 2.30. The minimum Gasteiger partial charge on any atom is -0.372 e. The van der Waals surface area contributed by atoms with Crippen LogP contribution in [0.1, 0.15) is 60.0 Å². The maximum absolute atomic E-state index is 13.0. The Bertz CT molecular complexity index is 890. The molecule has 3 saturated heterocycles. The molecule has 2 bridgehead atoms. The summed E-state index contributed by atoms with van der Waals surface area (Å²) in [5, 5.41) is 6.07. The van der Waals surface area contributed by atoms with Crippen molar-refractivity contribution in [1.82, 2.24) is 15.5 Å². The summed E-state index contributed by atoms with van der Waals surface area (Å²) in [5.74, 6) is -0.785. The predicted octanol–water partition coefficient (Wildman–Crippen LogP) is 0.578. The molecule has 4 fully saturated rings. The van der Waals surface area contributed by atoms with Crippen LogP contribution in [-0.2, 0) is 27.4 Å². The van der Waals surface area contributed by atoms with E-state index in [1.807, 2.05) is 18.2 Å². The third kappa shape index (κ3) is 3.14. The van der Waals surface area contributed by atoms with E-state index in [9.17, 15) is 14.4 Å². The summed E-state index contributed by atoms with van der Waals surface area (Å²) in [7, 11) is 0. The number of rotatable bonds is 5. The predicted molar refractivity (Wildman–Crippen MR) is 108 cm³/mol. The lowest BCUT2D eigenvalue weighted by atomic mass is 9.71. The van der Waals surface area contributed by atoms with Gasteiger partial charge in [-0.1, -0.05) is 12.1 Å². The van der Waals surface area contributed by atoms with Gasteiger partial charge in [-0.3, -0.25) is 19.7 Å².